The zero-order valence-electron chi connectivity index (χ0n) is 16.7. The highest BCUT2D eigenvalue weighted by molar-refractivity contribution is 6.05. The van der Waals surface area contributed by atoms with Crippen molar-refractivity contribution in [2.45, 2.75) is 19.9 Å². The molecular weight excluding hydrogens is 348 g/mol. The average molecular weight is 373 g/mol. The number of Topliss-reactive ketones (excluding diaryl/α,β-unsaturated/α-hetero) is 2. The predicted octanol–water partition coefficient (Wildman–Crippen LogP) is 3.69. The lowest BCUT2D eigenvalue weighted by Crippen LogP contribution is -2.30. The van der Waals surface area contributed by atoms with E-state index < -0.39 is 0 Å². The number of carbonyl (C=O) groups excluding carboxylic acids is 2. The molecule has 0 fully saturated rings. The number of nitrogens with zero attached hydrogens (tertiary/aromatic N) is 2. The van der Waals surface area contributed by atoms with E-state index in [-0.39, 0.29) is 11.6 Å². The highest BCUT2D eigenvalue weighted by Crippen LogP contribution is 2.23. The van der Waals surface area contributed by atoms with E-state index in [2.05, 4.69) is 17.1 Å². The zero-order chi connectivity index (χ0) is 20.3. The molecule has 1 aliphatic heterocycles. The molecule has 2 heterocycles. The van der Waals surface area contributed by atoms with E-state index in [1.807, 2.05) is 79.6 Å². The smallest absolute Gasteiger partial charge is 0.212 e. The van der Waals surface area contributed by atoms with Crippen LogP contribution in [0.1, 0.15) is 24.2 Å². The quantitative estimate of drug-likeness (QED) is 0.595. The van der Waals surface area contributed by atoms with Gasteiger partial charge >= 0.3 is 0 Å². The molecule has 1 aromatic carbocycles. The van der Waals surface area contributed by atoms with Gasteiger partial charge in [-0.15, -0.1) is 0 Å². The van der Waals surface area contributed by atoms with Crippen molar-refractivity contribution in [3.63, 3.8) is 0 Å². The topological polar surface area (TPSA) is 41.3 Å². The standard InChI is InChI=1S/C12H12NO.C12H13NO/c1-9(14)10-5-3-7-12-11(10)6-4-8-13(12)2;1-9(14)10-5-6-12-11(8-10)4-3-7-13(12)2/h3-8H,1-2H3;3-8,12H,1-2H3/q+1;. The summed E-state index contributed by atoms with van der Waals surface area (Å²) in [5.41, 5.74) is 3.85. The lowest BCUT2D eigenvalue weighted by molar-refractivity contribution is -0.644. The number of benzene rings is 1. The summed E-state index contributed by atoms with van der Waals surface area (Å²) in [5, 5.41) is 1.02. The summed E-state index contributed by atoms with van der Waals surface area (Å²) in [7, 11) is 4.01. The third-order valence-corrected chi connectivity index (χ3v) is 4.99. The Bertz CT molecular complexity index is 1060. The molecule has 1 aliphatic carbocycles. The van der Waals surface area contributed by atoms with Gasteiger partial charge in [0.25, 0.3) is 0 Å². The second-order valence-corrected chi connectivity index (χ2v) is 7.05. The van der Waals surface area contributed by atoms with Crippen molar-refractivity contribution >= 4 is 22.5 Å². The Morgan fingerprint density at radius 1 is 1.07 bits per heavy atom. The number of carbonyl (C=O) groups is 2. The Labute approximate surface area is 165 Å². The van der Waals surface area contributed by atoms with Crippen molar-refractivity contribution in [3.8, 4) is 0 Å². The average Bonchev–Trinajstić information content (AvgIpc) is 2.68. The summed E-state index contributed by atoms with van der Waals surface area (Å²) >= 11 is 0. The number of fused-ring (bicyclic) bond motifs is 2. The molecule has 0 saturated carbocycles. The van der Waals surface area contributed by atoms with Gasteiger partial charge in [-0.1, -0.05) is 30.4 Å². The van der Waals surface area contributed by atoms with Gasteiger partial charge in [-0.05, 0) is 43.8 Å². The number of hydrogen-bond donors (Lipinski definition) is 0. The van der Waals surface area contributed by atoms with Gasteiger partial charge in [0.05, 0.1) is 11.4 Å². The van der Waals surface area contributed by atoms with Crippen molar-refractivity contribution in [2.24, 2.45) is 7.05 Å². The third-order valence-electron chi connectivity index (χ3n) is 4.99. The number of aryl methyl sites for hydroxylation is 1. The third kappa shape index (κ3) is 4.01. The summed E-state index contributed by atoms with van der Waals surface area (Å²) in [4.78, 5) is 24.7. The van der Waals surface area contributed by atoms with E-state index in [1.165, 1.54) is 5.57 Å². The van der Waals surface area contributed by atoms with Gasteiger partial charge < -0.3 is 4.90 Å². The number of hydrogen-bond acceptors (Lipinski definition) is 3. The van der Waals surface area contributed by atoms with Gasteiger partial charge in [-0.25, -0.2) is 4.57 Å². The molecule has 2 aromatic rings. The molecule has 142 valence electrons. The minimum Gasteiger partial charge on any atom is -0.370 e. The first-order valence-electron chi connectivity index (χ1n) is 9.28. The van der Waals surface area contributed by atoms with Gasteiger partial charge in [-0.2, -0.15) is 0 Å². The van der Waals surface area contributed by atoms with Crippen LogP contribution in [-0.4, -0.2) is 29.6 Å². The minimum atomic E-state index is 0.113. The Morgan fingerprint density at radius 2 is 1.86 bits per heavy atom. The van der Waals surface area contributed by atoms with Crippen LogP contribution in [-0.2, 0) is 11.8 Å². The molecule has 4 nitrogen and oxygen atoms in total. The Hall–Kier alpha value is -3.27. The number of likely N-dealkylation sites (N-methyl/N-ethyl adjacent to an activating group) is 1. The zero-order valence-corrected chi connectivity index (χ0v) is 16.7. The maximum Gasteiger partial charge on any atom is 0.212 e. The van der Waals surface area contributed by atoms with Crippen LogP contribution in [0.2, 0.25) is 0 Å². The van der Waals surface area contributed by atoms with Crippen LogP contribution in [0.4, 0.5) is 0 Å². The number of aromatic nitrogens is 1. The van der Waals surface area contributed by atoms with E-state index in [4.69, 9.17) is 0 Å². The second-order valence-electron chi connectivity index (χ2n) is 7.05. The number of rotatable bonds is 2. The Kier molecular flexibility index (Phi) is 5.69. The normalized spacial score (nSPS) is 17.3. The summed E-state index contributed by atoms with van der Waals surface area (Å²) in [6.45, 7) is 3.20. The summed E-state index contributed by atoms with van der Waals surface area (Å²) in [5.74, 6) is 0.236. The molecule has 0 radical (unpaired) electrons. The molecular formula is C24H25N2O2+. The van der Waals surface area contributed by atoms with Gasteiger partial charge in [-0.3, -0.25) is 9.59 Å². The fourth-order valence-electron chi connectivity index (χ4n) is 3.43. The van der Waals surface area contributed by atoms with Crippen LogP contribution in [0.5, 0.6) is 0 Å². The first kappa shape index (κ1) is 19.5. The molecule has 0 bridgehead atoms. The van der Waals surface area contributed by atoms with E-state index in [0.717, 1.165) is 22.0 Å². The second kappa shape index (κ2) is 8.17. The molecule has 4 heteroatoms. The lowest BCUT2D eigenvalue weighted by atomic mass is 9.93. The monoisotopic (exact) mass is 373 g/mol. The molecule has 0 saturated heterocycles. The predicted molar refractivity (Wildman–Crippen MR) is 112 cm³/mol. The largest absolute Gasteiger partial charge is 0.370 e. The van der Waals surface area contributed by atoms with Crippen LogP contribution in [0.25, 0.3) is 10.9 Å². The van der Waals surface area contributed by atoms with E-state index in [1.54, 1.807) is 13.8 Å². The van der Waals surface area contributed by atoms with Gasteiger partial charge in [0.15, 0.2) is 17.8 Å². The molecule has 2 aliphatic rings. The lowest BCUT2D eigenvalue weighted by Gasteiger charge is -2.30. The van der Waals surface area contributed by atoms with Crippen molar-refractivity contribution in [1.29, 1.82) is 0 Å². The molecule has 4 rings (SSSR count). The molecule has 1 aromatic heterocycles. The highest BCUT2D eigenvalue weighted by Gasteiger charge is 2.19. The highest BCUT2D eigenvalue weighted by atomic mass is 16.1. The van der Waals surface area contributed by atoms with E-state index in [9.17, 15) is 9.59 Å². The van der Waals surface area contributed by atoms with Crippen molar-refractivity contribution < 1.29 is 14.2 Å². The summed E-state index contributed by atoms with van der Waals surface area (Å²) < 4.78 is 2.02. The van der Waals surface area contributed by atoms with Gasteiger partial charge in [0, 0.05) is 30.3 Å². The molecule has 0 N–H and O–H groups in total. The number of ketones is 2. The summed E-state index contributed by atoms with van der Waals surface area (Å²) in [6, 6.07) is 10.0. The molecule has 0 spiro atoms. The Morgan fingerprint density at radius 3 is 2.57 bits per heavy atom. The minimum absolute atomic E-state index is 0.113. The first-order chi connectivity index (χ1) is 13.4. The van der Waals surface area contributed by atoms with Crippen LogP contribution >= 0.6 is 0 Å². The molecule has 1 atom stereocenters. The fraction of sp³-hybridized carbons (Fsp3) is 0.208. The summed E-state index contributed by atoms with van der Waals surface area (Å²) in [6.07, 6.45) is 14.0. The van der Waals surface area contributed by atoms with Crippen molar-refractivity contribution in [2.75, 3.05) is 7.05 Å². The maximum atomic E-state index is 11.4. The van der Waals surface area contributed by atoms with Gasteiger partial charge in [0.1, 0.15) is 7.05 Å². The first-order valence-corrected chi connectivity index (χ1v) is 9.28. The van der Waals surface area contributed by atoms with Crippen LogP contribution in [0.3, 0.4) is 0 Å². The van der Waals surface area contributed by atoms with Crippen LogP contribution in [0.15, 0.2) is 84.3 Å². The maximum absolute atomic E-state index is 11.4. The van der Waals surface area contributed by atoms with Gasteiger partial charge in [0.2, 0.25) is 5.52 Å². The van der Waals surface area contributed by atoms with Crippen molar-refractivity contribution in [1.82, 2.24) is 4.90 Å². The van der Waals surface area contributed by atoms with Crippen LogP contribution < -0.4 is 4.57 Å². The SMILES string of the molecule is CC(=O)C1=CC2=CC=CN(C)C2C=C1.CC(=O)c1cccc2c1ccc[n+]2C. The molecule has 28 heavy (non-hydrogen) atoms. The molecule has 1 unspecified atom stereocenters. The van der Waals surface area contributed by atoms with Crippen molar-refractivity contribution in [3.05, 3.63) is 89.8 Å². The fourth-order valence-corrected chi connectivity index (χ4v) is 3.43. The Balaban J connectivity index is 0.000000161. The molecule has 0 amide bonds. The van der Waals surface area contributed by atoms with Crippen LogP contribution in [0, 0.1) is 0 Å². The van der Waals surface area contributed by atoms with E-state index >= 15 is 0 Å². The van der Waals surface area contributed by atoms with E-state index in [0.29, 0.717) is 6.04 Å². The number of pyridine rings is 1. The number of allylic oxidation sites excluding steroid dienone is 4.